The molecule has 0 spiro atoms. The SMILES string of the molecule is O=C(NCCO)C1=C(O)CN(c2ccccc2)C1=O. The van der Waals surface area contributed by atoms with Crippen LogP contribution in [0.5, 0.6) is 0 Å². The zero-order chi connectivity index (χ0) is 13.8. The molecule has 1 aromatic rings. The van der Waals surface area contributed by atoms with E-state index in [1.54, 1.807) is 24.3 Å². The highest BCUT2D eigenvalue weighted by Crippen LogP contribution is 2.24. The van der Waals surface area contributed by atoms with Crippen LogP contribution in [-0.2, 0) is 9.59 Å². The molecule has 2 rings (SSSR count). The van der Waals surface area contributed by atoms with Gasteiger partial charge in [-0.3, -0.25) is 9.59 Å². The van der Waals surface area contributed by atoms with Crippen molar-refractivity contribution in [1.29, 1.82) is 0 Å². The molecule has 0 bridgehead atoms. The molecule has 100 valence electrons. The molecule has 0 saturated carbocycles. The fourth-order valence-electron chi connectivity index (χ4n) is 1.86. The van der Waals surface area contributed by atoms with Crippen LogP contribution in [0.1, 0.15) is 0 Å². The Balaban J connectivity index is 2.17. The third-order valence-electron chi connectivity index (χ3n) is 2.75. The van der Waals surface area contributed by atoms with Crippen LogP contribution in [0.2, 0.25) is 0 Å². The van der Waals surface area contributed by atoms with Crippen molar-refractivity contribution in [3.05, 3.63) is 41.7 Å². The summed E-state index contributed by atoms with van der Waals surface area (Å²) in [6, 6.07) is 8.79. The maximum absolute atomic E-state index is 12.1. The Morgan fingerprint density at radius 2 is 2.00 bits per heavy atom. The molecule has 0 saturated heterocycles. The molecule has 2 amide bonds. The van der Waals surface area contributed by atoms with Gasteiger partial charge in [-0.15, -0.1) is 0 Å². The zero-order valence-electron chi connectivity index (χ0n) is 10.2. The number of amides is 2. The largest absolute Gasteiger partial charge is 0.509 e. The summed E-state index contributed by atoms with van der Waals surface area (Å²) in [6.07, 6.45) is 0. The van der Waals surface area contributed by atoms with Gasteiger partial charge in [-0.25, -0.2) is 0 Å². The molecule has 3 N–H and O–H groups in total. The molecule has 1 aromatic carbocycles. The predicted molar refractivity (Wildman–Crippen MR) is 68.5 cm³/mol. The number of carbonyl (C=O) groups is 2. The second-order valence-electron chi connectivity index (χ2n) is 4.03. The minimum Gasteiger partial charge on any atom is -0.509 e. The second-order valence-corrected chi connectivity index (χ2v) is 4.03. The van der Waals surface area contributed by atoms with Gasteiger partial charge in [0.25, 0.3) is 11.8 Å². The number of benzene rings is 1. The molecule has 1 heterocycles. The van der Waals surface area contributed by atoms with E-state index in [0.717, 1.165) is 0 Å². The third-order valence-corrected chi connectivity index (χ3v) is 2.75. The molecular formula is C13H14N2O4. The number of hydrogen-bond donors (Lipinski definition) is 3. The first-order valence-corrected chi connectivity index (χ1v) is 5.83. The number of hydrogen-bond acceptors (Lipinski definition) is 4. The van der Waals surface area contributed by atoms with E-state index in [4.69, 9.17) is 5.11 Å². The van der Waals surface area contributed by atoms with Crippen molar-refractivity contribution < 1.29 is 19.8 Å². The number of para-hydroxylation sites is 1. The van der Waals surface area contributed by atoms with Gasteiger partial charge >= 0.3 is 0 Å². The summed E-state index contributed by atoms with van der Waals surface area (Å²) >= 11 is 0. The molecular weight excluding hydrogens is 248 g/mol. The summed E-state index contributed by atoms with van der Waals surface area (Å²) < 4.78 is 0. The molecule has 6 heteroatoms. The van der Waals surface area contributed by atoms with Gasteiger partial charge in [0, 0.05) is 12.2 Å². The summed E-state index contributed by atoms with van der Waals surface area (Å²) in [6.45, 7) is -0.213. The Kier molecular flexibility index (Phi) is 3.82. The van der Waals surface area contributed by atoms with Gasteiger partial charge in [0.05, 0.1) is 13.2 Å². The van der Waals surface area contributed by atoms with Crippen molar-refractivity contribution in [2.24, 2.45) is 0 Å². The van der Waals surface area contributed by atoms with Gasteiger partial charge in [0.2, 0.25) is 0 Å². The molecule has 0 fully saturated rings. The molecule has 0 aliphatic carbocycles. The fraction of sp³-hybridized carbons (Fsp3) is 0.231. The lowest BCUT2D eigenvalue weighted by Gasteiger charge is -2.15. The zero-order valence-corrected chi connectivity index (χ0v) is 10.2. The van der Waals surface area contributed by atoms with Crippen LogP contribution in [-0.4, -0.2) is 41.7 Å². The van der Waals surface area contributed by atoms with E-state index in [9.17, 15) is 14.7 Å². The minimum atomic E-state index is -0.671. The van der Waals surface area contributed by atoms with Crippen LogP contribution < -0.4 is 10.2 Å². The van der Waals surface area contributed by atoms with Gasteiger partial charge in [-0.1, -0.05) is 18.2 Å². The smallest absolute Gasteiger partial charge is 0.267 e. The number of carbonyl (C=O) groups excluding carboxylic acids is 2. The minimum absolute atomic E-state index is 0.0231. The molecule has 1 aliphatic heterocycles. The molecule has 1 aliphatic rings. The maximum atomic E-state index is 12.1. The number of nitrogens with one attached hydrogen (secondary N) is 1. The number of aliphatic hydroxyl groups excluding tert-OH is 2. The Hall–Kier alpha value is -2.34. The van der Waals surface area contributed by atoms with Crippen molar-refractivity contribution in [2.45, 2.75) is 0 Å². The highest BCUT2D eigenvalue weighted by atomic mass is 16.3. The van der Waals surface area contributed by atoms with E-state index < -0.39 is 11.8 Å². The van der Waals surface area contributed by atoms with Gasteiger partial charge in [0.15, 0.2) is 0 Å². The number of rotatable bonds is 4. The molecule has 6 nitrogen and oxygen atoms in total. The highest BCUT2D eigenvalue weighted by Gasteiger charge is 2.35. The Morgan fingerprint density at radius 1 is 1.32 bits per heavy atom. The first-order valence-electron chi connectivity index (χ1n) is 5.83. The van der Waals surface area contributed by atoms with E-state index >= 15 is 0 Å². The lowest BCUT2D eigenvalue weighted by atomic mass is 10.2. The van der Waals surface area contributed by atoms with Gasteiger partial charge in [0.1, 0.15) is 11.3 Å². The first-order chi connectivity index (χ1) is 9.15. The number of nitrogens with zero attached hydrogens (tertiary/aromatic N) is 1. The van der Waals surface area contributed by atoms with Crippen molar-refractivity contribution in [1.82, 2.24) is 5.32 Å². The Morgan fingerprint density at radius 3 is 2.63 bits per heavy atom. The molecule has 0 radical (unpaired) electrons. The average Bonchev–Trinajstić information content (AvgIpc) is 2.72. The monoisotopic (exact) mass is 262 g/mol. The van der Waals surface area contributed by atoms with Crippen LogP contribution in [0.3, 0.4) is 0 Å². The Bertz CT molecular complexity index is 525. The van der Waals surface area contributed by atoms with Crippen LogP contribution in [0.4, 0.5) is 5.69 Å². The van der Waals surface area contributed by atoms with E-state index in [0.29, 0.717) is 5.69 Å². The first kappa shape index (κ1) is 13.1. The summed E-state index contributed by atoms with van der Waals surface area (Å²) in [7, 11) is 0. The summed E-state index contributed by atoms with van der Waals surface area (Å²) in [5.74, 6) is -1.47. The van der Waals surface area contributed by atoms with Crippen LogP contribution >= 0.6 is 0 Å². The van der Waals surface area contributed by atoms with Gasteiger partial charge in [-0.05, 0) is 12.1 Å². The maximum Gasteiger partial charge on any atom is 0.267 e. The van der Waals surface area contributed by atoms with E-state index in [2.05, 4.69) is 5.32 Å². The van der Waals surface area contributed by atoms with Crippen molar-refractivity contribution >= 4 is 17.5 Å². The van der Waals surface area contributed by atoms with Crippen LogP contribution in [0.25, 0.3) is 0 Å². The molecule has 0 aromatic heterocycles. The average molecular weight is 262 g/mol. The van der Waals surface area contributed by atoms with E-state index in [1.165, 1.54) is 4.90 Å². The van der Waals surface area contributed by atoms with Crippen molar-refractivity contribution in [2.75, 3.05) is 24.6 Å². The van der Waals surface area contributed by atoms with Crippen LogP contribution in [0, 0.1) is 0 Å². The number of aliphatic hydroxyl groups is 2. The highest BCUT2D eigenvalue weighted by molar-refractivity contribution is 6.26. The van der Waals surface area contributed by atoms with E-state index in [1.807, 2.05) is 6.07 Å². The molecule has 0 unspecified atom stereocenters. The predicted octanol–water partition coefficient (Wildman–Crippen LogP) is -0.0462. The van der Waals surface area contributed by atoms with Crippen molar-refractivity contribution in [3.8, 4) is 0 Å². The molecule has 0 atom stereocenters. The summed E-state index contributed by atoms with van der Waals surface area (Å²) in [5, 5.41) is 20.7. The normalized spacial score (nSPS) is 15.0. The number of anilines is 1. The Labute approximate surface area is 110 Å². The lowest BCUT2D eigenvalue weighted by molar-refractivity contribution is -0.122. The van der Waals surface area contributed by atoms with Gasteiger partial charge < -0.3 is 20.4 Å². The lowest BCUT2D eigenvalue weighted by Crippen LogP contribution is -2.34. The van der Waals surface area contributed by atoms with Crippen molar-refractivity contribution in [3.63, 3.8) is 0 Å². The third kappa shape index (κ3) is 2.58. The quantitative estimate of drug-likeness (QED) is 0.664. The van der Waals surface area contributed by atoms with Gasteiger partial charge in [-0.2, -0.15) is 0 Å². The topological polar surface area (TPSA) is 89.9 Å². The second kappa shape index (κ2) is 5.53. The van der Waals surface area contributed by atoms with Crippen LogP contribution in [0.15, 0.2) is 41.7 Å². The molecule has 19 heavy (non-hydrogen) atoms. The fourth-order valence-corrected chi connectivity index (χ4v) is 1.86. The van der Waals surface area contributed by atoms with E-state index in [-0.39, 0.29) is 31.0 Å². The summed E-state index contributed by atoms with van der Waals surface area (Å²) in [5.41, 5.74) is 0.348. The summed E-state index contributed by atoms with van der Waals surface area (Å²) in [4.78, 5) is 25.1. The standard InChI is InChI=1S/C13H14N2O4/c16-7-6-14-12(18)11-10(17)8-15(13(11)19)9-4-2-1-3-5-9/h1-5,16-17H,6-8H2,(H,14,18).